The van der Waals surface area contributed by atoms with E-state index in [0.29, 0.717) is 11.5 Å². The SMILES string of the molecule is CCNC(Cc1c(C)cc(C)cc1C)C1CC1(C)C. The zero-order valence-electron chi connectivity index (χ0n) is 13.4. The highest BCUT2D eigenvalue weighted by atomic mass is 14.9. The average Bonchev–Trinajstić information content (AvgIpc) is 2.91. The largest absolute Gasteiger partial charge is 0.314 e. The second-order valence-corrected chi connectivity index (χ2v) is 7.04. The van der Waals surface area contributed by atoms with Crippen molar-refractivity contribution in [1.82, 2.24) is 5.32 Å². The van der Waals surface area contributed by atoms with Crippen LogP contribution >= 0.6 is 0 Å². The van der Waals surface area contributed by atoms with Gasteiger partial charge in [-0.2, -0.15) is 0 Å². The summed E-state index contributed by atoms with van der Waals surface area (Å²) in [5.74, 6) is 0.840. The van der Waals surface area contributed by atoms with E-state index in [1.54, 1.807) is 5.56 Å². The van der Waals surface area contributed by atoms with Crippen molar-refractivity contribution in [2.45, 2.75) is 60.4 Å². The van der Waals surface area contributed by atoms with Crippen LogP contribution in [0, 0.1) is 32.1 Å². The fourth-order valence-corrected chi connectivity index (χ4v) is 3.57. The number of benzene rings is 1. The topological polar surface area (TPSA) is 12.0 Å². The summed E-state index contributed by atoms with van der Waals surface area (Å²) in [4.78, 5) is 0. The van der Waals surface area contributed by atoms with Crippen LogP contribution in [0.3, 0.4) is 0 Å². The van der Waals surface area contributed by atoms with E-state index in [2.05, 4.69) is 59.0 Å². The molecule has 106 valence electrons. The molecule has 19 heavy (non-hydrogen) atoms. The van der Waals surface area contributed by atoms with E-state index in [1.165, 1.54) is 29.5 Å². The second-order valence-electron chi connectivity index (χ2n) is 7.04. The summed E-state index contributed by atoms with van der Waals surface area (Å²) in [7, 11) is 0. The maximum Gasteiger partial charge on any atom is 0.0141 e. The summed E-state index contributed by atoms with van der Waals surface area (Å²) >= 11 is 0. The van der Waals surface area contributed by atoms with Crippen molar-refractivity contribution in [1.29, 1.82) is 0 Å². The molecule has 2 rings (SSSR count). The van der Waals surface area contributed by atoms with Gasteiger partial charge in [0, 0.05) is 6.04 Å². The zero-order valence-corrected chi connectivity index (χ0v) is 13.4. The molecule has 0 aromatic heterocycles. The second kappa shape index (κ2) is 5.28. The summed E-state index contributed by atoms with van der Waals surface area (Å²) in [5, 5.41) is 3.72. The Hall–Kier alpha value is -0.820. The van der Waals surface area contributed by atoms with Gasteiger partial charge in [-0.1, -0.05) is 38.5 Å². The molecule has 0 radical (unpaired) electrons. The molecule has 0 saturated heterocycles. The summed E-state index contributed by atoms with van der Waals surface area (Å²) in [6, 6.07) is 5.28. The lowest BCUT2D eigenvalue weighted by Crippen LogP contribution is -2.34. The Balaban J connectivity index is 2.18. The number of hydrogen-bond acceptors (Lipinski definition) is 1. The molecule has 0 heterocycles. The zero-order chi connectivity index (χ0) is 14.2. The Kier molecular flexibility index (Phi) is 4.06. The molecule has 0 amide bonds. The van der Waals surface area contributed by atoms with Crippen molar-refractivity contribution in [3.8, 4) is 0 Å². The van der Waals surface area contributed by atoms with Gasteiger partial charge in [0.1, 0.15) is 0 Å². The Bertz CT molecular complexity index is 436. The van der Waals surface area contributed by atoms with E-state index in [4.69, 9.17) is 0 Å². The predicted octanol–water partition coefficient (Wildman–Crippen LogP) is 4.18. The van der Waals surface area contributed by atoms with Gasteiger partial charge in [-0.05, 0) is 68.2 Å². The van der Waals surface area contributed by atoms with Gasteiger partial charge in [0.2, 0.25) is 0 Å². The van der Waals surface area contributed by atoms with Crippen molar-refractivity contribution in [2.75, 3.05) is 6.54 Å². The quantitative estimate of drug-likeness (QED) is 0.836. The lowest BCUT2D eigenvalue weighted by atomic mass is 9.91. The monoisotopic (exact) mass is 259 g/mol. The molecule has 1 fully saturated rings. The van der Waals surface area contributed by atoms with Crippen LogP contribution in [0.25, 0.3) is 0 Å². The van der Waals surface area contributed by atoms with Crippen molar-refractivity contribution < 1.29 is 0 Å². The predicted molar refractivity (Wildman–Crippen MR) is 83.7 cm³/mol. The van der Waals surface area contributed by atoms with Crippen LogP contribution in [-0.4, -0.2) is 12.6 Å². The molecular weight excluding hydrogens is 230 g/mol. The molecule has 0 spiro atoms. The normalized spacial score (nSPS) is 22.3. The van der Waals surface area contributed by atoms with Crippen molar-refractivity contribution >= 4 is 0 Å². The fraction of sp³-hybridized carbons (Fsp3) is 0.667. The van der Waals surface area contributed by atoms with Gasteiger partial charge in [0.25, 0.3) is 0 Å². The molecule has 0 aliphatic heterocycles. The molecule has 1 aromatic rings. The fourth-order valence-electron chi connectivity index (χ4n) is 3.57. The van der Waals surface area contributed by atoms with E-state index in [1.807, 2.05) is 0 Å². The number of hydrogen-bond donors (Lipinski definition) is 1. The van der Waals surface area contributed by atoms with Crippen LogP contribution in [0.15, 0.2) is 12.1 Å². The smallest absolute Gasteiger partial charge is 0.0141 e. The summed E-state index contributed by atoms with van der Waals surface area (Å²) in [6.45, 7) is 14.8. The van der Waals surface area contributed by atoms with Crippen LogP contribution < -0.4 is 5.32 Å². The van der Waals surface area contributed by atoms with Crippen LogP contribution in [0.1, 0.15) is 49.4 Å². The first-order chi connectivity index (χ1) is 8.85. The standard InChI is InChI=1S/C18H29N/c1-7-19-17(16-11-18(16,5)6)10-15-13(3)8-12(2)9-14(15)4/h8-9,16-17,19H,7,10-11H2,1-6H3. The van der Waals surface area contributed by atoms with Crippen molar-refractivity contribution in [2.24, 2.45) is 11.3 Å². The highest BCUT2D eigenvalue weighted by molar-refractivity contribution is 5.38. The van der Waals surface area contributed by atoms with Gasteiger partial charge in [0.15, 0.2) is 0 Å². The third-order valence-electron chi connectivity index (χ3n) is 4.81. The van der Waals surface area contributed by atoms with Crippen LogP contribution in [0.5, 0.6) is 0 Å². The first kappa shape index (κ1) is 14.6. The Morgan fingerprint density at radius 2 is 1.74 bits per heavy atom. The first-order valence-electron chi connectivity index (χ1n) is 7.65. The van der Waals surface area contributed by atoms with E-state index in [9.17, 15) is 0 Å². The minimum absolute atomic E-state index is 0.541. The minimum atomic E-state index is 0.541. The van der Waals surface area contributed by atoms with Gasteiger partial charge in [-0.15, -0.1) is 0 Å². The van der Waals surface area contributed by atoms with Gasteiger partial charge >= 0.3 is 0 Å². The maximum absolute atomic E-state index is 3.72. The number of aryl methyl sites for hydroxylation is 3. The summed E-state index contributed by atoms with van der Waals surface area (Å²) < 4.78 is 0. The highest BCUT2D eigenvalue weighted by Gasteiger charge is 2.49. The maximum atomic E-state index is 3.72. The van der Waals surface area contributed by atoms with Crippen LogP contribution in [0.4, 0.5) is 0 Å². The molecule has 1 N–H and O–H groups in total. The molecule has 1 nitrogen and oxygen atoms in total. The number of rotatable bonds is 5. The minimum Gasteiger partial charge on any atom is -0.314 e. The Morgan fingerprint density at radius 3 is 2.16 bits per heavy atom. The number of likely N-dealkylation sites (N-methyl/N-ethyl adjacent to an activating group) is 1. The molecule has 1 saturated carbocycles. The third kappa shape index (κ3) is 3.20. The summed E-state index contributed by atoms with van der Waals surface area (Å²) in [6.07, 6.45) is 2.55. The molecule has 1 heteroatoms. The van der Waals surface area contributed by atoms with E-state index >= 15 is 0 Å². The van der Waals surface area contributed by atoms with Crippen molar-refractivity contribution in [3.05, 3.63) is 34.4 Å². The van der Waals surface area contributed by atoms with E-state index in [-0.39, 0.29) is 0 Å². The van der Waals surface area contributed by atoms with E-state index in [0.717, 1.165) is 12.5 Å². The summed E-state index contributed by atoms with van der Waals surface area (Å²) in [5.41, 5.74) is 6.39. The molecule has 1 aliphatic carbocycles. The lowest BCUT2D eigenvalue weighted by Gasteiger charge is -2.22. The Morgan fingerprint density at radius 1 is 1.21 bits per heavy atom. The van der Waals surface area contributed by atoms with Gasteiger partial charge in [-0.3, -0.25) is 0 Å². The molecule has 2 unspecified atom stereocenters. The molecule has 1 aromatic carbocycles. The van der Waals surface area contributed by atoms with Crippen LogP contribution in [0.2, 0.25) is 0 Å². The molecular formula is C18H29N. The lowest BCUT2D eigenvalue weighted by molar-refractivity contribution is 0.408. The van der Waals surface area contributed by atoms with Gasteiger partial charge in [-0.25, -0.2) is 0 Å². The van der Waals surface area contributed by atoms with Crippen molar-refractivity contribution in [3.63, 3.8) is 0 Å². The van der Waals surface area contributed by atoms with E-state index < -0.39 is 0 Å². The van der Waals surface area contributed by atoms with Gasteiger partial charge in [0.05, 0.1) is 0 Å². The molecule has 0 bridgehead atoms. The highest BCUT2D eigenvalue weighted by Crippen LogP contribution is 2.54. The van der Waals surface area contributed by atoms with Gasteiger partial charge < -0.3 is 5.32 Å². The first-order valence-corrected chi connectivity index (χ1v) is 7.65. The average molecular weight is 259 g/mol. The third-order valence-corrected chi connectivity index (χ3v) is 4.81. The molecule has 2 atom stereocenters. The van der Waals surface area contributed by atoms with Crippen LogP contribution in [-0.2, 0) is 6.42 Å². The Labute approximate surface area is 118 Å². The number of nitrogens with one attached hydrogen (secondary N) is 1. The molecule has 1 aliphatic rings.